The summed E-state index contributed by atoms with van der Waals surface area (Å²) < 4.78 is 9.40. The quantitative estimate of drug-likeness (QED) is 0.882. The second-order valence-electron chi connectivity index (χ2n) is 4.69. The molecule has 0 saturated carbocycles. The fourth-order valence-electron chi connectivity index (χ4n) is 2.31. The molecule has 0 amide bonds. The van der Waals surface area contributed by atoms with E-state index < -0.39 is 17.7 Å². The predicted octanol–water partition coefficient (Wildman–Crippen LogP) is 2.94. The number of rotatable bonds is 3. The average Bonchev–Trinajstić information content (AvgIpc) is 2.54. The number of phenols is 1. The summed E-state index contributed by atoms with van der Waals surface area (Å²) in [5, 5.41) is 10.4. The molecule has 0 atom stereocenters. The predicted molar refractivity (Wildman–Crippen MR) is 81.0 cm³/mol. The number of methoxy groups -OCH3 is 2. The van der Waals surface area contributed by atoms with Crippen LogP contribution >= 0.6 is 0 Å². The first-order valence-corrected chi connectivity index (χ1v) is 6.59. The molecule has 0 spiro atoms. The molecule has 114 valence electrons. The highest BCUT2D eigenvalue weighted by molar-refractivity contribution is 6.06. The Hall–Kier alpha value is -2.82. The van der Waals surface area contributed by atoms with Gasteiger partial charge in [-0.2, -0.15) is 0 Å². The van der Waals surface area contributed by atoms with Crippen LogP contribution < -0.4 is 0 Å². The lowest BCUT2D eigenvalue weighted by molar-refractivity contribution is 0.0593. The van der Waals surface area contributed by atoms with Crippen LogP contribution in [-0.2, 0) is 9.47 Å². The first kappa shape index (κ1) is 15.6. The summed E-state index contributed by atoms with van der Waals surface area (Å²) in [4.78, 5) is 23.9. The lowest BCUT2D eigenvalue weighted by Gasteiger charge is -2.15. The maximum atomic E-state index is 12.1. The van der Waals surface area contributed by atoms with E-state index >= 15 is 0 Å². The van der Waals surface area contributed by atoms with Gasteiger partial charge >= 0.3 is 11.9 Å². The molecule has 2 aromatic carbocycles. The molecule has 1 N–H and O–H groups in total. The van der Waals surface area contributed by atoms with Gasteiger partial charge in [0, 0.05) is 5.56 Å². The number of hydrogen-bond acceptors (Lipinski definition) is 5. The van der Waals surface area contributed by atoms with Gasteiger partial charge in [0.1, 0.15) is 16.9 Å². The Balaban J connectivity index is 2.80. The molecule has 0 radical (unpaired) electrons. The topological polar surface area (TPSA) is 72.8 Å². The Kier molecular flexibility index (Phi) is 4.46. The minimum absolute atomic E-state index is 0.0393. The minimum Gasteiger partial charge on any atom is -0.506 e. The number of esters is 2. The van der Waals surface area contributed by atoms with E-state index in [2.05, 4.69) is 4.74 Å². The first-order valence-electron chi connectivity index (χ1n) is 6.59. The number of aryl methyl sites for hydroxylation is 1. The van der Waals surface area contributed by atoms with Gasteiger partial charge in [-0.3, -0.25) is 0 Å². The van der Waals surface area contributed by atoms with Crippen LogP contribution in [0.25, 0.3) is 11.1 Å². The smallest absolute Gasteiger partial charge is 0.342 e. The molecule has 0 aliphatic carbocycles. The molecule has 0 unspecified atom stereocenters. The van der Waals surface area contributed by atoms with Crippen LogP contribution in [0, 0.1) is 6.92 Å². The summed E-state index contributed by atoms with van der Waals surface area (Å²) in [6.07, 6.45) is 0. The molecule has 0 aliphatic rings. The first-order chi connectivity index (χ1) is 10.5. The molecule has 0 aliphatic heterocycles. The molecule has 5 nitrogen and oxygen atoms in total. The summed E-state index contributed by atoms with van der Waals surface area (Å²) in [5.74, 6) is -1.86. The van der Waals surface area contributed by atoms with Crippen molar-refractivity contribution in [2.45, 2.75) is 6.92 Å². The van der Waals surface area contributed by atoms with Gasteiger partial charge in [0.2, 0.25) is 0 Å². The summed E-state index contributed by atoms with van der Waals surface area (Å²) >= 11 is 0. The van der Waals surface area contributed by atoms with E-state index in [0.29, 0.717) is 11.1 Å². The zero-order valence-electron chi connectivity index (χ0n) is 12.5. The zero-order chi connectivity index (χ0) is 16.3. The van der Waals surface area contributed by atoms with Crippen molar-refractivity contribution in [3.63, 3.8) is 0 Å². The van der Waals surface area contributed by atoms with Crippen molar-refractivity contribution in [2.24, 2.45) is 0 Å². The van der Waals surface area contributed by atoms with Gasteiger partial charge in [0.15, 0.2) is 0 Å². The minimum atomic E-state index is -0.721. The summed E-state index contributed by atoms with van der Waals surface area (Å²) in [6.45, 7) is 1.67. The highest BCUT2D eigenvalue weighted by Gasteiger charge is 2.26. The third-order valence-electron chi connectivity index (χ3n) is 3.36. The third kappa shape index (κ3) is 2.65. The van der Waals surface area contributed by atoms with Gasteiger partial charge in [-0.25, -0.2) is 9.59 Å². The summed E-state index contributed by atoms with van der Waals surface area (Å²) in [5.41, 5.74) is 1.64. The summed E-state index contributed by atoms with van der Waals surface area (Å²) in [7, 11) is 2.43. The van der Waals surface area contributed by atoms with Gasteiger partial charge in [-0.15, -0.1) is 0 Å². The number of benzene rings is 2. The van der Waals surface area contributed by atoms with Crippen LogP contribution in [0.5, 0.6) is 5.75 Å². The van der Waals surface area contributed by atoms with E-state index in [9.17, 15) is 14.7 Å². The Labute approximate surface area is 128 Å². The lowest BCUT2D eigenvalue weighted by Crippen LogP contribution is -2.11. The van der Waals surface area contributed by atoms with E-state index in [0.717, 1.165) is 5.56 Å². The highest BCUT2D eigenvalue weighted by Crippen LogP contribution is 2.36. The van der Waals surface area contributed by atoms with Crippen molar-refractivity contribution in [2.75, 3.05) is 14.2 Å². The normalized spacial score (nSPS) is 10.1. The fraction of sp³-hybridized carbons (Fsp3) is 0.176. The van der Waals surface area contributed by atoms with E-state index in [4.69, 9.17) is 4.74 Å². The molecule has 5 heteroatoms. The van der Waals surface area contributed by atoms with Gasteiger partial charge in [-0.1, -0.05) is 30.3 Å². The maximum absolute atomic E-state index is 12.1. The molecule has 2 rings (SSSR count). The Morgan fingerprint density at radius 2 is 1.50 bits per heavy atom. The molecule has 22 heavy (non-hydrogen) atoms. The molecular formula is C17H16O5. The van der Waals surface area contributed by atoms with E-state index in [1.165, 1.54) is 14.2 Å². The van der Waals surface area contributed by atoms with Crippen molar-refractivity contribution in [1.29, 1.82) is 0 Å². The summed E-state index contributed by atoms with van der Waals surface area (Å²) in [6, 6.07) is 10.7. The average molecular weight is 300 g/mol. The SMILES string of the molecule is COC(=O)c1c(C)cc(-c2ccccc2)c(C(=O)OC)c1O. The van der Waals surface area contributed by atoms with Crippen molar-refractivity contribution in [3.8, 4) is 16.9 Å². The second-order valence-corrected chi connectivity index (χ2v) is 4.69. The molecular weight excluding hydrogens is 284 g/mol. The highest BCUT2D eigenvalue weighted by atomic mass is 16.5. The Morgan fingerprint density at radius 1 is 0.955 bits per heavy atom. The Bertz CT molecular complexity index is 720. The van der Waals surface area contributed by atoms with Crippen LogP contribution in [-0.4, -0.2) is 31.3 Å². The van der Waals surface area contributed by atoms with Gasteiger partial charge in [0.25, 0.3) is 0 Å². The van der Waals surface area contributed by atoms with E-state index in [-0.39, 0.29) is 11.1 Å². The molecule has 0 saturated heterocycles. The number of carbonyl (C=O) groups excluding carboxylic acids is 2. The largest absolute Gasteiger partial charge is 0.506 e. The van der Waals surface area contributed by atoms with Crippen molar-refractivity contribution < 1.29 is 24.2 Å². The van der Waals surface area contributed by atoms with E-state index in [1.54, 1.807) is 25.1 Å². The molecule has 0 fully saturated rings. The lowest BCUT2D eigenvalue weighted by atomic mass is 9.93. The molecule has 0 bridgehead atoms. The van der Waals surface area contributed by atoms with Crippen LogP contribution in [0.1, 0.15) is 26.3 Å². The number of carbonyl (C=O) groups is 2. The molecule has 0 aromatic heterocycles. The number of phenolic OH excluding ortho intramolecular Hbond substituents is 1. The van der Waals surface area contributed by atoms with E-state index in [1.807, 2.05) is 18.2 Å². The van der Waals surface area contributed by atoms with Crippen molar-refractivity contribution in [1.82, 2.24) is 0 Å². The molecule has 2 aromatic rings. The van der Waals surface area contributed by atoms with Crippen LogP contribution in [0.15, 0.2) is 36.4 Å². The second kappa shape index (κ2) is 6.30. The maximum Gasteiger partial charge on any atom is 0.342 e. The van der Waals surface area contributed by atoms with Crippen LogP contribution in [0.3, 0.4) is 0 Å². The standard InChI is InChI=1S/C17H16O5/c1-10-9-12(11-7-5-4-6-8-11)14(17(20)22-3)15(18)13(10)16(19)21-2/h4-9,18H,1-3H3. The Morgan fingerprint density at radius 3 is 2.05 bits per heavy atom. The van der Waals surface area contributed by atoms with Gasteiger partial charge in [-0.05, 0) is 24.1 Å². The third-order valence-corrected chi connectivity index (χ3v) is 3.36. The number of ether oxygens (including phenoxy) is 2. The molecule has 0 heterocycles. The van der Waals surface area contributed by atoms with Crippen LogP contribution in [0.2, 0.25) is 0 Å². The van der Waals surface area contributed by atoms with Gasteiger partial charge in [0.05, 0.1) is 14.2 Å². The number of aromatic hydroxyl groups is 1. The fourth-order valence-corrected chi connectivity index (χ4v) is 2.31. The van der Waals surface area contributed by atoms with Gasteiger partial charge < -0.3 is 14.6 Å². The van der Waals surface area contributed by atoms with Crippen molar-refractivity contribution in [3.05, 3.63) is 53.1 Å². The van der Waals surface area contributed by atoms with Crippen LogP contribution in [0.4, 0.5) is 0 Å². The van der Waals surface area contributed by atoms with Crippen molar-refractivity contribution >= 4 is 11.9 Å². The number of hydrogen-bond donors (Lipinski definition) is 1. The monoisotopic (exact) mass is 300 g/mol. The zero-order valence-corrected chi connectivity index (χ0v) is 12.5.